The summed E-state index contributed by atoms with van der Waals surface area (Å²) >= 11 is 11.7. The molecular formula is C13H8Cl2FNO. The van der Waals surface area contributed by atoms with Gasteiger partial charge in [-0.05, 0) is 24.3 Å². The molecule has 5 heteroatoms. The van der Waals surface area contributed by atoms with Crippen LogP contribution < -0.4 is 5.32 Å². The highest BCUT2D eigenvalue weighted by molar-refractivity contribution is 6.44. The molecule has 0 saturated carbocycles. The molecule has 2 rings (SSSR count). The largest absolute Gasteiger partial charge is 0.320 e. The monoisotopic (exact) mass is 283 g/mol. The minimum Gasteiger partial charge on any atom is -0.320 e. The second kappa shape index (κ2) is 5.38. The molecule has 0 aromatic heterocycles. The standard InChI is InChI=1S/C13H8Cl2FNO/c14-9-5-3-7-11(12(9)15)17-13(18)8-4-1-2-6-10(8)16/h1-7H,(H,17,18). The van der Waals surface area contributed by atoms with Crippen molar-refractivity contribution in [2.45, 2.75) is 0 Å². The third kappa shape index (κ3) is 2.63. The van der Waals surface area contributed by atoms with E-state index in [-0.39, 0.29) is 10.6 Å². The third-order valence-electron chi connectivity index (χ3n) is 2.32. The lowest BCUT2D eigenvalue weighted by molar-refractivity contribution is 0.102. The van der Waals surface area contributed by atoms with Gasteiger partial charge in [0.1, 0.15) is 5.82 Å². The van der Waals surface area contributed by atoms with E-state index in [4.69, 9.17) is 23.2 Å². The SMILES string of the molecule is O=C(Nc1cccc(Cl)c1Cl)c1ccccc1F. The van der Waals surface area contributed by atoms with E-state index < -0.39 is 11.7 Å². The van der Waals surface area contributed by atoms with Gasteiger partial charge in [0, 0.05) is 0 Å². The zero-order chi connectivity index (χ0) is 13.1. The van der Waals surface area contributed by atoms with Crippen LogP contribution >= 0.6 is 23.2 Å². The minimum absolute atomic E-state index is 0.0476. The molecule has 0 fully saturated rings. The fourth-order valence-electron chi connectivity index (χ4n) is 1.44. The van der Waals surface area contributed by atoms with Crippen LogP contribution in [0.5, 0.6) is 0 Å². The Morgan fingerprint density at radius 1 is 1.06 bits per heavy atom. The summed E-state index contributed by atoms with van der Waals surface area (Å²) in [7, 11) is 0. The van der Waals surface area contributed by atoms with Gasteiger partial charge in [0.05, 0.1) is 21.3 Å². The van der Waals surface area contributed by atoms with E-state index in [9.17, 15) is 9.18 Å². The molecule has 0 saturated heterocycles. The van der Waals surface area contributed by atoms with Crippen LogP contribution in [0.15, 0.2) is 42.5 Å². The van der Waals surface area contributed by atoms with Crippen molar-refractivity contribution in [2.24, 2.45) is 0 Å². The van der Waals surface area contributed by atoms with Crippen LogP contribution in [0.2, 0.25) is 10.0 Å². The molecule has 2 nitrogen and oxygen atoms in total. The van der Waals surface area contributed by atoms with Crippen LogP contribution in [0.25, 0.3) is 0 Å². The first-order valence-corrected chi connectivity index (χ1v) is 5.85. The number of hydrogen-bond acceptors (Lipinski definition) is 1. The van der Waals surface area contributed by atoms with Gasteiger partial charge in [0.25, 0.3) is 5.91 Å². The van der Waals surface area contributed by atoms with Gasteiger partial charge in [-0.3, -0.25) is 4.79 Å². The molecule has 2 aromatic rings. The molecule has 0 spiro atoms. The summed E-state index contributed by atoms with van der Waals surface area (Å²) in [6.07, 6.45) is 0. The second-order valence-corrected chi connectivity index (χ2v) is 4.32. The van der Waals surface area contributed by atoms with Gasteiger partial charge in [-0.1, -0.05) is 41.4 Å². The van der Waals surface area contributed by atoms with Crippen LogP contribution in [0.3, 0.4) is 0 Å². The Labute approximate surface area is 113 Å². The lowest BCUT2D eigenvalue weighted by Crippen LogP contribution is -2.13. The maximum atomic E-state index is 13.4. The van der Waals surface area contributed by atoms with E-state index >= 15 is 0 Å². The van der Waals surface area contributed by atoms with E-state index in [1.165, 1.54) is 18.2 Å². The molecule has 1 N–H and O–H groups in total. The van der Waals surface area contributed by atoms with Crippen LogP contribution in [0.4, 0.5) is 10.1 Å². The van der Waals surface area contributed by atoms with E-state index in [1.54, 1.807) is 24.3 Å². The second-order valence-electron chi connectivity index (χ2n) is 3.54. The normalized spacial score (nSPS) is 10.2. The van der Waals surface area contributed by atoms with Gasteiger partial charge < -0.3 is 5.32 Å². The van der Waals surface area contributed by atoms with Crippen molar-refractivity contribution in [2.75, 3.05) is 5.32 Å². The van der Waals surface area contributed by atoms with Crippen molar-refractivity contribution in [3.63, 3.8) is 0 Å². The van der Waals surface area contributed by atoms with Crippen molar-refractivity contribution in [3.05, 3.63) is 63.9 Å². The van der Waals surface area contributed by atoms with Crippen LogP contribution in [0.1, 0.15) is 10.4 Å². The molecule has 0 unspecified atom stereocenters. The summed E-state index contributed by atoms with van der Waals surface area (Å²) in [5.74, 6) is -1.16. The molecule has 0 aliphatic rings. The highest BCUT2D eigenvalue weighted by atomic mass is 35.5. The predicted octanol–water partition coefficient (Wildman–Crippen LogP) is 4.38. The Kier molecular flexibility index (Phi) is 3.84. The lowest BCUT2D eigenvalue weighted by atomic mass is 10.2. The van der Waals surface area contributed by atoms with Crippen molar-refractivity contribution in [1.82, 2.24) is 0 Å². The van der Waals surface area contributed by atoms with Crippen molar-refractivity contribution < 1.29 is 9.18 Å². The number of nitrogens with one attached hydrogen (secondary N) is 1. The Balaban J connectivity index is 2.27. The number of amides is 1. The average Bonchev–Trinajstić information content (AvgIpc) is 2.35. The lowest BCUT2D eigenvalue weighted by Gasteiger charge is -2.08. The Morgan fingerprint density at radius 3 is 2.50 bits per heavy atom. The van der Waals surface area contributed by atoms with Crippen LogP contribution in [-0.2, 0) is 0 Å². The first kappa shape index (κ1) is 12.9. The molecule has 1 amide bonds. The summed E-state index contributed by atoms with van der Waals surface area (Å²) in [5, 5.41) is 3.06. The molecular weight excluding hydrogens is 276 g/mol. The third-order valence-corrected chi connectivity index (χ3v) is 3.14. The predicted molar refractivity (Wildman–Crippen MR) is 70.8 cm³/mol. The number of halogens is 3. The molecule has 0 bridgehead atoms. The molecule has 0 heterocycles. The number of hydrogen-bond donors (Lipinski definition) is 1. The van der Waals surface area contributed by atoms with Gasteiger partial charge in [-0.25, -0.2) is 4.39 Å². The Morgan fingerprint density at radius 2 is 1.78 bits per heavy atom. The zero-order valence-corrected chi connectivity index (χ0v) is 10.6. The van der Waals surface area contributed by atoms with E-state index in [2.05, 4.69) is 5.32 Å². The van der Waals surface area contributed by atoms with Gasteiger partial charge in [0.2, 0.25) is 0 Å². The highest BCUT2D eigenvalue weighted by Crippen LogP contribution is 2.29. The number of rotatable bonds is 2. The van der Waals surface area contributed by atoms with Gasteiger partial charge in [-0.2, -0.15) is 0 Å². The maximum absolute atomic E-state index is 13.4. The number of carbonyl (C=O) groups excluding carboxylic acids is 1. The van der Waals surface area contributed by atoms with Gasteiger partial charge in [0.15, 0.2) is 0 Å². The van der Waals surface area contributed by atoms with Crippen molar-refractivity contribution >= 4 is 34.8 Å². The van der Waals surface area contributed by atoms with Gasteiger partial charge in [-0.15, -0.1) is 0 Å². The molecule has 0 atom stereocenters. The topological polar surface area (TPSA) is 29.1 Å². The summed E-state index contributed by atoms with van der Waals surface area (Å²) < 4.78 is 13.4. The van der Waals surface area contributed by atoms with Crippen molar-refractivity contribution in [1.29, 1.82) is 0 Å². The summed E-state index contributed by atoms with van der Waals surface area (Å²) in [6.45, 7) is 0. The first-order valence-electron chi connectivity index (χ1n) is 5.09. The number of anilines is 1. The quantitative estimate of drug-likeness (QED) is 0.870. The summed E-state index contributed by atoms with van der Waals surface area (Å²) in [4.78, 5) is 11.8. The molecule has 92 valence electrons. The van der Waals surface area contributed by atoms with Crippen LogP contribution in [-0.4, -0.2) is 5.91 Å². The smallest absolute Gasteiger partial charge is 0.258 e. The van der Waals surface area contributed by atoms with Crippen molar-refractivity contribution in [3.8, 4) is 0 Å². The number of benzene rings is 2. The zero-order valence-electron chi connectivity index (χ0n) is 9.08. The molecule has 0 radical (unpaired) electrons. The van der Waals surface area contributed by atoms with E-state index in [1.807, 2.05) is 0 Å². The fourth-order valence-corrected chi connectivity index (χ4v) is 1.78. The Hall–Kier alpha value is -1.58. The maximum Gasteiger partial charge on any atom is 0.258 e. The van der Waals surface area contributed by atoms with E-state index in [0.717, 1.165) is 0 Å². The Bertz CT molecular complexity index is 601. The fraction of sp³-hybridized carbons (Fsp3) is 0. The average molecular weight is 284 g/mol. The molecule has 18 heavy (non-hydrogen) atoms. The molecule has 0 aliphatic carbocycles. The molecule has 2 aromatic carbocycles. The van der Waals surface area contributed by atoms with E-state index in [0.29, 0.717) is 10.7 Å². The first-order chi connectivity index (χ1) is 8.59. The molecule has 0 aliphatic heterocycles. The number of carbonyl (C=O) groups is 1. The highest BCUT2D eigenvalue weighted by Gasteiger charge is 2.13. The summed E-state index contributed by atoms with van der Waals surface area (Å²) in [6, 6.07) is 10.5. The minimum atomic E-state index is -0.590. The van der Waals surface area contributed by atoms with Crippen LogP contribution in [0, 0.1) is 5.82 Å². The van der Waals surface area contributed by atoms with Gasteiger partial charge >= 0.3 is 0 Å². The summed E-state index contributed by atoms with van der Waals surface area (Å²) in [5.41, 5.74) is 0.297.